The van der Waals surface area contributed by atoms with Crippen molar-refractivity contribution in [3.05, 3.63) is 23.8 Å². The average Bonchev–Trinajstić information content (AvgIpc) is 2.37. The minimum atomic E-state index is -3.38. The van der Waals surface area contributed by atoms with Crippen molar-refractivity contribution in [1.82, 2.24) is 0 Å². The van der Waals surface area contributed by atoms with E-state index in [9.17, 15) is 4.57 Å². The van der Waals surface area contributed by atoms with Crippen LogP contribution in [0.2, 0.25) is 0 Å². The molecule has 0 aliphatic heterocycles. The van der Waals surface area contributed by atoms with Crippen LogP contribution in [0.3, 0.4) is 0 Å². The van der Waals surface area contributed by atoms with Crippen molar-refractivity contribution in [2.24, 2.45) is 5.92 Å². The van der Waals surface area contributed by atoms with Crippen molar-refractivity contribution in [3.63, 3.8) is 0 Å². The molecule has 0 fully saturated rings. The Kier molecular flexibility index (Phi) is 7.01. The molecule has 4 nitrogen and oxygen atoms in total. The van der Waals surface area contributed by atoms with Gasteiger partial charge in [0.25, 0.3) is 0 Å². The van der Waals surface area contributed by atoms with Gasteiger partial charge in [0.2, 0.25) is 0 Å². The summed E-state index contributed by atoms with van der Waals surface area (Å²) in [6.45, 7) is 10.5. The van der Waals surface area contributed by atoms with Gasteiger partial charge in [0.1, 0.15) is 0 Å². The number of phosphoric ester groups is 1. The van der Waals surface area contributed by atoms with Crippen LogP contribution >= 0.6 is 7.82 Å². The third-order valence-corrected chi connectivity index (χ3v) is 4.78. The van der Waals surface area contributed by atoms with Crippen molar-refractivity contribution >= 4 is 7.82 Å². The molecule has 0 heterocycles. The van der Waals surface area contributed by atoms with Gasteiger partial charge in [-0.2, -0.15) is 0 Å². The van der Waals surface area contributed by atoms with Crippen molar-refractivity contribution in [1.29, 1.82) is 0 Å². The van der Waals surface area contributed by atoms with Gasteiger partial charge in [-0.3, -0.25) is 13.6 Å². The standard InChI is InChI=1S/C14H25O4P/c1-5-16-19(15,17-6-2)18-11-13-7-9-14(10-8-13)12(3)4/h7,14H,3,5-6,8-11H2,1-2,4H3/t14-/m1/s1. The Morgan fingerprint density at radius 1 is 1.37 bits per heavy atom. The Morgan fingerprint density at radius 3 is 2.42 bits per heavy atom. The van der Waals surface area contributed by atoms with E-state index in [1.807, 2.05) is 0 Å². The number of hydrogen-bond acceptors (Lipinski definition) is 4. The van der Waals surface area contributed by atoms with Gasteiger partial charge in [-0.05, 0) is 51.5 Å². The minimum Gasteiger partial charge on any atom is -0.287 e. The lowest BCUT2D eigenvalue weighted by Crippen LogP contribution is -2.10. The summed E-state index contributed by atoms with van der Waals surface area (Å²) in [7, 11) is -3.38. The molecule has 0 aromatic rings. The van der Waals surface area contributed by atoms with Crippen molar-refractivity contribution in [3.8, 4) is 0 Å². The monoisotopic (exact) mass is 288 g/mol. The van der Waals surface area contributed by atoms with E-state index in [1.54, 1.807) is 13.8 Å². The number of hydrogen-bond donors (Lipinski definition) is 0. The summed E-state index contributed by atoms with van der Waals surface area (Å²) in [5, 5.41) is 0. The molecule has 0 saturated carbocycles. The van der Waals surface area contributed by atoms with E-state index in [0.29, 0.717) is 25.7 Å². The maximum atomic E-state index is 12.1. The summed E-state index contributed by atoms with van der Waals surface area (Å²) >= 11 is 0. The quantitative estimate of drug-likeness (QED) is 0.487. The van der Waals surface area contributed by atoms with Crippen LogP contribution < -0.4 is 0 Å². The Hall–Kier alpha value is -0.410. The zero-order valence-corrected chi connectivity index (χ0v) is 13.1. The van der Waals surface area contributed by atoms with E-state index in [-0.39, 0.29) is 0 Å². The van der Waals surface area contributed by atoms with Gasteiger partial charge < -0.3 is 0 Å². The van der Waals surface area contributed by atoms with Crippen LogP contribution in [0.4, 0.5) is 0 Å². The second kappa shape index (κ2) is 8.01. The third kappa shape index (κ3) is 5.62. The van der Waals surface area contributed by atoms with Gasteiger partial charge in [0.05, 0.1) is 19.8 Å². The average molecular weight is 288 g/mol. The van der Waals surface area contributed by atoms with E-state index < -0.39 is 7.82 Å². The molecule has 1 atom stereocenters. The molecule has 5 heteroatoms. The molecule has 0 radical (unpaired) electrons. The fourth-order valence-corrected chi connectivity index (χ4v) is 3.24. The molecule has 1 aliphatic rings. The highest BCUT2D eigenvalue weighted by atomic mass is 31.2. The van der Waals surface area contributed by atoms with Crippen LogP contribution in [0.5, 0.6) is 0 Å². The second-order valence-corrected chi connectivity index (χ2v) is 6.41. The van der Waals surface area contributed by atoms with Crippen LogP contribution in [-0.2, 0) is 18.1 Å². The van der Waals surface area contributed by atoms with Gasteiger partial charge in [-0.15, -0.1) is 0 Å². The van der Waals surface area contributed by atoms with Gasteiger partial charge in [-0.1, -0.05) is 18.2 Å². The lowest BCUT2D eigenvalue weighted by atomic mass is 9.86. The summed E-state index contributed by atoms with van der Waals surface area (Å²) in [5.74, 6) is 0.564. The zero-order valence-electron chi connectivity index (χ0n) is 12.2. The first kappa shape index (κ1) is 16.6. The summed E-state index contributed by atoms with van der Waals surface area (Å²) in [5.41, 5.74) is 2.39. The van der Waals surface area contributed by atoms with Crippen LogP contribution in [0.1, 0.15) is 40.0 Å². The topological polar surface area (TPSA) is 44.8 Å². The van der Waals surface area contributed by atoms with E-state index in [1.165, 1.54) is 5.57 Å². The lowest BCUT2D eigenvalue weighted by molar-refractivity contribution is 0.128. The SMILES string of the molecule is C=C(C)[C@@H]1CC=C(COP(=O)(OCC)OCC)CC1. The molecular formula is C14H25O4P. The molecule has 1 aliphatic carbocycles. The second-order valence-electron chi connectivity index (χ2n) is 4.74. The molecule has 0 saturated heterocycles. The van der Waals surface area contributed by atoms with Gasteiger partial charge in [0.15, 0.2) is 0 Å². The molecule has 0 unspecified atom stereocenters. The predicted octanol–water partition coefficient (Wildman–Crippen LogP) is 4.49. The first-order valence-electron chi connectivity index (χ1n) is 6.87. The minimum absolute atomic E-state index is 0.314. The van der Waals surface area contributed by atoms with Gasteiger partial charge >= 0.3 is 7.82 Å². The number of rotatable bonds is 8. The molecule has 0 N–H and O–H groups in total. The maximum Gasteiger partial charge on any atom is 0.475 e. The number of phosphoric acid groups is 1. The first-order chi connectivity index (χ1) is 9.00. The highest BCUT2D eigenvalue weighted by molar-refractivity contribution is 7.48. The zero-order chi connectivity index (χ0) is 14.3. The summed E-state index contributed by atoms with van der Waals surface area (Å²) < 4.78 is 27.7. The fourth-order valence-electron chi connectivity index (χ4n) is 2.06. The van der Waals surface area contributed by atoms with Crippen molar-refractivity contribution < 1.29 is 18.1 Å². The summed E-state index contributed by atoms with van der Waals surface area (Å²) in [4.78, 5) is 0. The van der Waals surface area contributed by atoms with Crippen molar-refractivity contribution in [2.45, 2.75) is 40.0 Å². The Balaban J connectivity index is 2.47. The van der Waals surface area contributed by atoms with Crippen LogP contribution in [0.25, 0.3) is 0 Å². The van der Waals surface area contributed by atoms with E-state index in [2.05, 4.69) is 19.6 Å². The van der Waals surface area contributed by atoms with E-state index in [4.69, 9.17) is 13.6 Å². The Bertz CT molecular complexity index is 366. The normalized spacial score (nSPS) is 20.2. The smallest absolute Gasteiger partial charge is 0.287 e. The molecule has 0 amide bonds. The summed E-state index contributed by atoms with van der Waals surface area (Å²) in [6, 6.07) is 0. The Morgan fingerprint density at radius 2 is 2.00 bits per heavy atom. The Labute approximate surface area is 116 Å². The predicted molar refractivity (Wildman–Crippen MR) is 77.0 cm³/mol. The van der Waals surface area contributed by atoms with E-state index in [0.717, 1.165) is 24.8 Å². The van der Waals surface area contributed by atoms with Crippen LogP contribution in [0.15, 0.2) is 23.8 Å². The lowest BCUT2D eigenvalue weighted by Gasteiger charge is -2.23. The van der Waals surface area contributed by atoms with Gasteiger partial charge in [-0.25, -0.2) is 4.57 Å². The molecule has 1 rings (SSSR count). The molecule has 0 aromatic carbocycles. The molecule has 19 heavy (non-hydrogen) atoms. The van der Waals surface area contributed by atoms with Crippen molar-refractivity contribution in [2.75, 3.05) is 19.8 Å². The molecule has 0 aromatic heterocycles. The van der Waals surface area contributed by atoms with Crippen LogP contribution in [0, 0.1) is 5.92 Å². The van der Waals surface area contributed by atoms with Gasteiger partial charge in [0, 0.05) is 0 Å². The maximum absolute atomic E-state index is 12.1. The van der Waals surface area contributed by atoms with Crippen LogP contribution in [-0.4, -0.2) is 19.8 Å². The van der Waals surface area contributed by atoms with E-state index >= 15 is 0 Å². The molecular weight excluding hydrogens is 263 g/mol. The highest BCUT2D eigenvalue weighted by Gasteiger charge is 2.26. The number of allylic oxidation sites excluding steroid dienone is 2. The summed E-state index contributed by atoms with van der Waals surface area (Å²) in [6.07, 6.45) is 5.18. The first-order valence-corrected chi connectivity index (χ1v) is 8.33. The molecule has 0 bridgehead atoms. The largest absolute Gasteiger partial charge is 0.475 e. The fraction of sp³-hybridized carbons (Fsp3) is 0.714. The molecule has 110 valence electrons. The highest BCUT2D eigenvalue weighted by Crippen LogP contribution is 2.49. The molecule has 0 spiro atoms. The third-order valence-electron chi connectivity index (χ3n) is 3.18.